The maximum absolute atomic E-state index is 11.1. The molecule has 1 fully saturated rings. The van der Waals surface area contributed by atoms with Gasteiger partial charge in [0.1, 0.15) is 5.75 Å². The van der Waals surface area contributed by atoms with E-state index in [-0.39, 0.29) is 11.8 Å². The van der Waals surface area contributed by atoms with Gasteiger partial charge in [-0.15, -0.1) is 0 Å². The van der Waals surface area contributed by atoms with Crippen LogP contribution < -0.4 is 5.32 Å². The summed E-state index contributed by atoms with van der Waals surface area (Å²) in [4.78, 5) is 11.1. The first-order valence-electron chi connectivity index (χ1n) is 5.44. The highest BCUT2D eigenvalue weighted by Gasteiger charge is 2.32. The van der Waals surface area contributed by atoms with E-state index < -0.39 is 11.9 Å². The molecule has 0 unspecified atom stereocenters. The van der Waals surface area contributed by atoms with Gasteiger partial charge in [-0.3, -0.25) is 4.79 Å². The van der Waals surface area contributed by atoms with Crippen LogP contribution in [0.15, 0.2) is 24.3 Å². The van der Waals surface area contributed by atoms with Crippen LogP contribution in [-0.4, -0.2) is 22.7 Å². The summed E-state index contributed by atoms with van der Waals surface area (Å²) in [6.45, 7) is 0.794. The number of rotatable bonds is 2. The second-order valence-electron chi connectivity index (χ2n) is 4.08. The van der Waals surface area contributed by atoms with E-state index in [0.717, 1.165) is 13.0 Å². The van der Waals surface area contributed by atoms with Crippen molar-refractivity contribution in [2.75, 3.05) is 6.54 Å². The van der Waals surface area contributed by atoms with E-state index in [1.807, 2.05) is 6.07 Å². The Hall–Kier alpha value is -1.55. The number of aromatic hydroxyl groups is 1. The van der Waals surface area contributed by atoms with Crippen LogP contribution >= 0.6 is 0 Å². The molecule has 0 amide bonds. The Morgan fingerprint density at radius 1 is 1.38 bits per heavy atom. The Labute approximate surface area is 93.9 Å². The number of piperidine rings is 1. The molecule has 1 aromatic carbocycles. The topological polar surface area (TPSA) is 69.6 Å². The van der Waals surface area contributed by atoms with Crippen LogP contribution in [-0.2, 0) is 4.79 Å². The number of aliphatic carboxylic acids is 1. The third-order valence-corrected chi connectivity index (χ3v) is 3.05. The summed E-state index contributed by atoms with van der Waals surface area (Å²) in [5.41, 5.74) is 0.676. The van der Waals surface area contributed by atoms with Crippen molar-refractivity contribution >= 4 is 5.97 Å². The van der Waals surface area contributed by atoms with Crippen molar-refractivity contribution in [2.45, 2.75) is 18.9 Å². The van der Waals surface area contributed by atoms with E-state index in [1.165, 1.54) is 0 Å². The van der Waals surface area contributed by atoms with Crippen LogP contribution in [0.5, 0.6) is 5.75 Å². The molecule has 1 saturated heterocycles. The van der Waals surface area contributed by atoms with Crippen molar-refractivity contribution < 1.29 is 15.0 Å². The number of hydrogen-bond acceptors (Lipinski definition) is 3. The second kappa shape index (κ2) is 4.53. The summed E-state index contributed by atoms with van der Waals surface area (Å²) < 4.78 is 0. The normalized spacial score (nSPS) is 25.2. The maximum atomic E-state index is 11.1. The lowest BCUT2D eigenvalue weighted by atomic mass is 9.86. The molecule has 0 spiro atoms. The Balaban J connectivity index is 2.30. The van der Waals surface area contributed by atoms with Gasteiger partial charge < -0.3 is 15.5 Å². The van der Waals surface area contributed by atoms with Crippen LogP contribution in [0.1, 0.15) is 24.4 Å². The minimum atomic E-state index is -0.805. The van der Waals surface area contributed by atoms with Gasteiger partial charge in [0.2, 0.25) is 0 Å². The highest BCUT2D eigenvalue weighted by molar-refractivity contribution is 5.71. The maximum Gasteiger partial charge on any atom is 0.308 e. The molecule has 4 nitrogen and oxygen atoms in total. The zero-order valence-corrected chi connectivity index (χ0v) is 8.89. The highest BCUT2D eigenvalue weighted by atomic mass is 16.4. The largest absolute Gasteiger partial charge is 0.508 e. The number of carboxylic acids is 1. The summed E-state index contributed by atoms with van der Waals surface area (Å²) in [6.07, 6.45) is 1.52. The predicted molar refractivity (Wildman–Crippen MR) is 59.2 cm³/mol. The third kappa shape index (κ3) is 2.02. The van der Waals surface area contributed by atoms with Crippen LogP contribution in [0.25, 0.3) is 0 Å². The SMILES string of the molecule is O=C(O)[C@H]1CCCN[C@@H]1c1ccccc1O. The molecule has 86 valence electrons. The standard InChI is InChI=1S/C12H15NO3/c14-10-6-2-1-4-8(10)11-9(12(15)16)5-3-7-13-11/h1-2,4,6,9,11,13-14H,3,5,7H2,(H,15,16)/t9-,11+/m0/s1. The Bertz CT molecular complexity index is 392. The van der Waals surface area contributed by atoms with Crippen LogP contribution in [0.2, 0.25) is 0 Å². The molecule has 0 aliphatic carbocycles. The van der Waals surface area contributed by atoms with Crippen molar-refractivity contribution in [3.05, 3.63) is 29.8 Å². The number of benzene rings is 1. The van der Waals surface area contributed by atoms with Gasteiger partial charge in [0, 0.05) is 11.6 Å². The van der Waals surface area contributed by atoms with Crippen molar-refractivity contribution in [1.29, 1.82) is 0 Å². The lowest BCUT2D eigenvalue weighted by Crippen LogP contribution is -2.38. The Morgan fingerprint density at radius 2 is 2.12 bits per heavy atom. The van der Waals surface area contributed by atoms with E-state index in [1.54, 1.807) is 18.2 Å². The predicted octanol–water partition coefficient (Wildman–Crippen LogP) is 1.52. The van der Waals surface area contributed by atoms with Crippen LogP contribution in [0, 0.1) is 5.92 Å². The fraction of sp³-hybridized carbons (Fsp3) is 0.417. The first kappa shape index (κ1) is 11.0. The van der Waals surface area contributed by atoms with E-state index >= 15 is 0 Å². The third-order valence-electron chi connectivity index (χ3n) is 3.05. The lowest BCUT2D eigenvalue weighted by Gasteiger charge is -2.30. The number of carbonyl (C=O) groups is 1. The molecule has 0 radical (unpaired) electrons. The lowest BCUT2D eigenvalue weighted by molar-refractivity contribution is -0.143. The molecule has 1 aliphatic rings. The molecule has 0 saturated carbocycles. The molecule has 0 bridgehead atoms. The van der Waals surface area contributed by atoms with Gasteiger partial charge in [0.05, 0.1) is 5.92 Å². The van der Waals surface area contributed by atoms with Gasteiger partial charge in [0.15, 0.2) is 0 Å². The van der Waals surface area contributed by atoms with Crippen LogP contribution in [0.3, 0.4) is 0 Å². The van der Waals surface area contributed by atoms with Gasteiger partial charge in [-0.25, -0.2) is 0 Å². The molecular formula is C12H15NO3. The van der Waals surface area contributed by atoms with Crippen molar-refractivity contribution in [2.24, 2.45) is 5.92 Å². The molecule has 1 heterocycles. The summed E-state index contributed by atoms with van der Waals surface area (Å²) >= 11 is 0. The quantitative estimate of drug-likeness (QED) is 0.708. The number of phenols is 1. The zero-order chi connectivity index (χ0) is 11.5. The molecule has 4 heteroatoms. The van der Waals surface area contributed by atoms with E-state index in [2.05, 4.69) is 5.32 Å². The Kier molecular flexibility index (Phi) is 3.10. The Morgan fingerprint density at radius 3 is 2.81 bits per heavy atom. The molecular weight excluding hydrogens is 206 g/mol. The minimum absolute atomic E-state index is 0.160. The summed E-state index contributed by atoms with van der Waals surface area (Å²) in [7, 11) is 0. The second-order valence-corrected chi connectivity index (χ2v) is 4.08. The van der Waals surface area contributed by atoms with Crippen LogP contribution in [0.4, 0.5) is 0 Å². The molecule has 1 aromatic rings. The molecule has 2 atom stereocenters. The monoisotopic (exact) mass is 221 g/mol. The smallest absolute Gasteiger partial charge is 0.308 e. The van der Waals surface area contributed by atoms with Crippen molar-refractivity contribution in [3.63, 3.8) is 0 Å². The summed E-state index contributed by atoms with van der Waals surface area (Å²) in [5.74, 6) is -1.10. The highest BCUT2D eigenvalue weighted by Crippen LogP contribution is 2.33. The number of phenolic OH excluding ortho intramolecular Hbond substituents is 1. The van der Waals surface area contributed by atoms with Crippen molar-refractivity contribution in [1.82, 2.24) is 5.32 Å². The van der Waals surface area contributed by atoms with Gasteiger partial charge in [-0.2, -0.15) is 0 Å². The van der Waals surface area contributed by atoms with Gasteiger partial charge in [-0.05, 0) is 25.5 Å². The average Bonchev–Trinajstić information content (AvgIpc) is 2.29. The van der Waals surface area contributed by atoms with E-state index in [4.69, 9.17) is 5.11 Å². The fourth-order valence-corrected chi connectivity index (χ4v) is 2.23. The summed E-state index contributed by atoms with van der Waals surface area (Å²) in [6, 6.07) is 6.62. The van der Waals surface area contributed by atoms with E-state index in [9.17, 15) is 9.90 Å². The van der Waals surface area contributed by atoms with Gasteiger partial charge in [0.25, 0.3) is 0 Å². The molecule has 3 N–H and O–H groups in total. The first-order valence-corrected chi connectivity index (χ1v) is 5.44. The molecule has 16 heavy (non-hydrogen) atoms. The average molecular weight is 221 g/mol. The summed E-state index contributed by atoms with van der Waals surface area (Å²) in [5, 5.41) is 22.0. The molecule has 1 aliphatic heterocycles. The molecule has 2 rings (SSSR count). The number of para-hydroxylation sites is 1. The van der Waals surface area contributed by atoms with Gasteiger partial charge in [-0.1, -0.05) is 18.2 Å². The zero-order valence-electron chi connectivity index (χ0n) is 8.89. The van der Waals surface area contributed by atoms with Gasteiger partial charge >= 0.3 is 5.97 Å². The number of nitrogens with one attached hydrogen (secondary N) is 1. The molecule has 0 aromatic heterocycles. The first-order chi connectivity index (χ1) is 7.70. The number of hydrogen-bond donors (Lipinski definition) is 3. The number of carboxylic acid groups (broad SMARTS) is 1. The fourth-order valence-electron chi connectivity index (χ4n) is 2.23. The van der Waals surface area contributed by atoms with Crippen molar-refractivity contribution in [3.8, 4) is 5.75 Å². The minimum Gasteiger partial charge on any atom is -0.508 e. The van der Waals surface area contributed by atoms with E-state index in [0.29, 0.717) is 12.0 Å².